The van der Waals surface area contributed by atoms with Gasteiger partial charge in [-0.25, -0.2) is 0 Å². The van der Waals surface area contributed by atoms with Gasteiger partial charge in [0.15, 0.2) is 0 Å². The number of fused-ring (bicyclic) bond motifs is 32. The van der Waals surface area contributed by atoms with E-state index in [1.54, 1.807) is 38.5 Å². The monoisotopic (exact) mass is 631 g/mol. The highest BCUT2D eigenvalue weighted by atomic mass is 14.7. The first-order valence-electron chi connectivity index (χ1n) is 21.9. The summed E-state index contributed by atoms with van der Waals surface area (Å²) in [6.07, 6.45) is 28.3. The lowest BCUT2D eigenvalue weighted by Crippen LogP contribution is -2.39. The Labute approximate surface area is 288 Å². The van der Waals surface area contributed by atoms with Crippen LogP contribution in [0.3, 0.4) is 0 Å². The van der Waals surface area contributed by atoms with E-state index in [0.717, 1.165) is 82.9 Å². The van der Waals surface area contributed by atoms with E-state index < -0.39 is 0 Å². The predicted octanol–water partition coefficient (Wildman–Crippen LogP) is 13.4. The molecule has 0 N–H and O–H groups in total. The summed E-state index contributed by atoms with van der Waals surface area (Å²) >= 11 is 0. The van der Waals surface area contributed by atoms with Gasteiger partial charge in [-0.2, -0.15) is 0 Å². The van der Waals surface area contributed by atoms with Crippen LogP contribution < -0.4 is 0 Å². The number of rotatable bonds is 0. The molecule has 0 spiro atoms. The molecule has 46 heavy (non-hydrogen) atoms. The summed E-state index contributed by atoms with van der Waals surface area (Å²) < 4.78 is 0. The van der Waals surface area contributed by atoms with Crippen LogP contribution in [0.1, 0.15) is 134 Å². The third-order valence-corrected chi connectivity index (χ3v) is 15.8. The van der Waals surface area contributed by atoms with E-state index in [1.807, 2.05) is 83.1 Å². The van der Waals surface area contributed by atoms with Gasteiger partial charge in [0.2, 0.25) is 0 Å². The lowest BCUT2D eigenvalue weighted by Gasteiger charge is -2.44. The molecule has 12 rings (SSSR count). The van der Waals surface area contributed by atoms with E-state index in [1.165, 1.54) is 48.3 Å². The van der Waals surface area contributed by atoms with Gasteiger partial charge in [-0.3, -0.25) is 0 Å². The number of hydrogen-bond acceptors (Lipinski definition) is 0. The standard InChI is InChI=1S/C17H22.C17H20.6C2H6/c2*1-2-9-5-8(1)14-12-7-13(15(9)14)17-11-4-3-10(6-11)16(12)17;6*1-2/h1-2,8-17H,3-7H2;1-4,8-17H,5-7H2;6*1-2H3. The topological polar surface area (TPSA) is 0 Å². The first-order chi connectivity index (χ1) is 22.8. The molecule has 0 heteroatoms. The minimum absolute atomic E-state index is 1.00. The normalized spacial score (nSPS) is 54.0. The summed E-state index contributed by atoms with van der Waals surface area (Å²) in [5, 5.41) is 0. The Balaban J connectivity index is 0.000000138. The largest absolute Gasteiger partial charge is 0.0848 e. The number of allylic oxidation sites excluding steroid dienone is 6. The van der Waals surface area contributed by atoms with Crippen molar-refractivity contribution < 1.29 is 0 Å². The molecule has 0 radical (unpaired) electrons. The molecule has 0 aliphatic heterocycles. The Bertz CT molecular complexity index is 930. The quantitative estimate of drug-likeness (QED) is 0.184. The van der Waals surface area contributed by atoms with Crippen LogP contribution in [-0.4, -0.2) is 0 Å². The van der Waals surface area contributed by atoms with Crippen LogP contribution in [0.15, 0.2) is 36.5 Å². The third-order valence-electron chi connectivity index (χ3n) is 15.8. The Hall–Kier alpha value is -0.780. The second-order valence-corrected chi connectivity index (χ2v) is 15.9. The summed E-state index contributed by atoms with van der Waals surface area (Å²) in [4.78, 5) is 0. The zero-order valence-electron chi connectivity index (χ0n) is 32.7. The van der Waals surface area contributed by atoms with Crippen molar-refractivity contribution in [1.29, 1.82) is 0 Å². The third kappa shape index (κ3) is 5.07. The summed E-state index contributed by atoms with van der Waals surface area (Å²) in [5.74, 6) is 22.3. The van der Waals surface area contributed by atoms with Gasteiger partial charge in [-0.1, -0.05) is 120 Å². The van der Waals surface area contributed by atoms with E-state index in [0.29, 0.717) is 0 Å². The fourth-order valence-electron chi connectivity index (χ4n) is 15.9. The Morgan fingerprint density at radius 3 is 0.717 bits per heavy atom. The van der Waals surface area contributed by atoms with E-state index in [4.69, 9.17) is 0 Å². The zero-order chi connectivity index (χ0) is 33.4. The summed E-state index contributed by atoms with van der Waals surface area (Å²) in [5.41, 5.74) is 0. The molecule has 12 bridgehead atoms. The maximum atomic E-state index is 2.61. The molecule has 0 saturated heterocycles. The molecule has 0 nitrogen and oxygen atoms in total. The molecule has 12 aliphatic carbocycles. The van der Waals surface area contributed by atoms with Crippen molar-refractivity contribution in [2.75, 3.05) is 0 Å². The first kappa shape index (κ1) is 36.5. The fraction of sp³-hybridized carbons (Fsp3) is 0.870. The maximum absolute atomic E-state index is 2.61. The van der Waals surface area contributed by atoms with Gasteiger partial charge in [0.25, 0.3) is 0 Å². The van der Waals surface area contributed by atoms with Crippen LogP contribution in [0.5, 0.6) is 0 Å². The second-order valence-electron chi connectivity index (χ2n) is 15.9. The lowest BCUT2D eigenvalue weighted by molar-refractivity contribution is 0.0505. The molecule has 18 unspecified atom stereocenters. The van der Waals surface area contributed by atoms with Gasteiger partial charge in [0.1, 0.15) is 0 Å². The summed E-state index contributed by atoms with van der Waals surface area (Å²) in [6.45, 7) is 24.0. The van der Waals surface area contributed by atoms with Crippen LogP contribution in [0, 0.1) is 118 Å². The molecule has 9 saturated carbocycles. The van der Waals surface area contributed by atoms with Crippen molar-refractivity contribution in [2.45, 2.75) is 134 Å². The van der Waals surface area contributed by atoms with Crippen molar-refractivity contribution in [1.82, 2.24) is 0 Å². The van der Waals surface area contributed by atoms with Crippen LogP contribution in [0.4, 0.5) is 0 Å². The average molecular weight is 631 g/mol. The van der Waals surface area contributed by atoms with Crippen molar-refractivity contribution in [3.63, 3.8) is 0 Å². The second kappa shape index (κ2) is 15.4. The van der Waals surface area contributed by atoms with E-state index in [2.05, 4.69) is 36.5 Å². The van der Waals surface area contributed by atoms with Crippen LogP contribution in [0.25, 0.3) is 0 Å². The Morgan fingerprint density at radius 1 is 0.261 bits per heavy atom. The molecule has 0 aromatic heterocycles. The van der Waals surface area contributed by atoms with Crippen molar-refractivity contribution in [3.05, 3.63) is 36.5 Å². The van der Waals surface area contributed by atoms with Crippen LogP contribution in [0.2, 0.25) is 0 Å². The molecule has 18 atom stereocenters. The molecule has 0 amide bonds. The maximum Gasteiger partial charge on any atom is -0.0194 e. The SMILES string of the molecule is C1=CC2CC1C1C3CC(C21)C1C2C=CC(C2)C31.C1=CC2CC1C1C3CC(C21)C1C2CCC(C2)C31.CC.CC.CC.CC.CC.CC. The van der Waals surface area contributed by atoms with Crippen LogP contribution in [-0.2, 0) is 0 Å². The summed E-state index contributed by atoms with van der Waals surface area (Å²) in [7, 11) is 0. The highest BCUT2D eigenvalue weighted by Crippen LogP contribution is 2.76. The highest BCUT2D eigenvalue weighted by molar-refractivity contribution is 5.28. The fourth-order valence-corrected chi connectivity index (χ4v) is 15.9. The van der Waals surface area contributed by atoms with Crippen molar-refractivity contribution in [3.8, 4) is 0 Å². The van der Waals surface area contributed by atoms with E-state index in [9.17, 15) is 0 Å². The van der Waals surface area contributed by atoms with E-state index >= 15 is 0 Å². The van der Waals surface area contributed by atoms with Crippen molar-refractivity contribution >= 4 is 0 Å². The molecule has 0 aromatic carbocycles. The van der Waals surface area contributed by atoms with Gasteiger partial charge in [0.05, 0.1) is 0 Å². The molecular formula is C46H78. The highest BCUT2D eigenvalue weighted by Gasteiger charge is 2.70. The number of hydrogen-bond donors (Lipinski definition) is 0. The summed E-state index contributed by atoms with van der Waals surface area (Å²) in [6, 6.07) is 0. The molecule has 0 aromatic rings. The average Bonchev–Trinajstić information content (AvgIpc) is 3.98. The molecule has 9 fully saturated rings. The van der Waals surface area contributed by atoms with Gasteiger partial charge in [-0.05, 0) is 170 Å². The van der Waals surface area contributed by atoms with Gasteiger partial charge < -0.3 is 0 Å². The Kier molecular flexibility index (Phi) is 12.2. The van der Waals surface area contributed by atoms with Crippen LogP contribution >= 0.6 is 0 Å². The van der Waals surface area contributed by atoms with Gasteiger partial charge in [-0.15, -0.1) is 0 Å². The van der Waals surface area contributed by atoms with E-state index in [-0.39, 0.29) is 0 Å². The predicted molar refractivity (Wildman–Crippen MR) is 202 cm³/mol. The molecular weight excluding hydrogens is 553 g/mol. The molecule has 12 aliphatic rings. The smallest absolute Gasteiger partial charge is 0.0194 e. The first-order valence-corrected chi connectivity index (χ1v) is 21.9. The minimum atomic E-state index is 1.00. The van der Waals surface area contributed by atoms with Gasteiger partial charge in [0, 0.05) is 0 Å². The molecule has 262 valence electrons. The lowest BCUT2D eigenvalue weighted by atomic mass is 9.61. The molecule has 0 heterocycles. The minimum Gasteiger partial charge on any atom is -0.0848 e. The van der Waals surface area contributed by atoms with Crippen molar-refractivity contribution in [2.24, 2.45) is 118 Å². The Morgan fingerprint density at radius 2 is 0.478 bits per heavy atom. The van der Waals surface area contributed by atoms with Gasteiger partial charge >= 0.3 is 0 Å². The zero-order valence-corrected chi connectivity index (χ0v) is 32.7.